The van der Waals surface area contributed by atoms with Gasteiger partial charge in [-0.05, 0) is 41.4 Å². The lowest BCUT2D eigenvalue weighted by Gasteiger charge is -2.21. The summed E-state index contributed by atoms with van der Waals surface area (Å²) in [5.41, 5.74) is 0.919. The number of carbonyl (C=O) groups is 1. The highest BCUT2D eigenvalue weighted by Crippen LogP contribution is 2.32. The molecule has 1 aliphatic heterocycles. The highest BCUT2D eigenvalue weighted by Gasteiger charge is 2.21. The Bertz CT molecular complexity index is 604. The van der Waals surface area contributed by atoms with Crippen LogP contribution in [0, 0.1) is 5.92 Å². The van der Waals surface area contributed by atoms with Gasteiger partial charge >= 0.3 is 0 Å². The Morgan fingerprint density at radius 3 is 3.05 bits per heavy atom. The predicted octanol–water partition coefficient (Wildman–Crippen LogP) is 3.57. The average molecular weight is 372 g/mol. The lowest BCUT2D eigenvalue weighted by molar-refractivity contribution is -0.120. The second-order valence-corrected chi connectivity index (χ2v) is 7.38. The van der Waals surface area contributed by atoms with Crippen LogP contribution in [0.5, 0.6) is 0 Å². The summed E-state index contributed by atoms with van der Waals surface area (Å²) in [6.07, 6.45) is 2.01. The van der Waals surface area contributed by atoms with E-state index in [9.17, 15) is 4.79 Å². The molecule has 3 rings (SSSR count). The van der Waals surface area contributed by atoms with Crippen molar-refractivity contribution < 1.29 is 4.79 Å². The van der Waals surface area contributed by atoms with Crippen LogP contribution >= 0.6 is 38.6 Å². The van der Waals surface area contributed by atoms with Crippen molar-refractivity contribution in [3.05, 3.63) is 21.3 Å². The molecule has 2 N–H and O–H groups in total. The van der Waals surface area contributed by atoms with E-state index < -0.39 is 0 Å². The molecule has 7 heteroatoms. The molecule has 2 aromatic rings. The van der Waals surface area contributed by atoms with Crippen LogP contribution in [0.2, 0.25) is 0 Å². The van der Waals surface area contributed by atoms with E-state index in [0.29, 0.717) is 5.13 Å². The summed E-state index contributed by atoms with van der Waals surface area (Å²) in [5, 5.41) is 10.9. The Labute approximate surface area is 133 Å². The number of rotatable bonds is 3. The van der Waals surface area contributed by atoms with Gasteiger partial charge in [0.2, 0.25) is 5.91 Å². The number of halogens is 1. The van der Waals surface area contributed by atoms with Gasteiger partial charge in [-0.3, -0.25) is 4.79 Å². The van der Waals surface area contributed by atoms with Crippen LogP contribution in [0.15, 0.2) is 21.3 Å². The molecule has 1 unspecified atom stereocenters. The summed E-state index contributed by atoms with van der Waals surface area (Å²) >= 11 is 6.55. The van der Waals surface area contributed by atoms with Crippen LogP contribution in [-0.4, -0.2) is 24.0 Å². The number of thiazole rings is 1. The molecular weight excluding hydrogens is 358 g/mol. The first-order valence-electron chi connectivity index (χ1n) is 6.44. The average Bonchev–Trinajstić information content (AvgIpc) is 3.09. The molecule has 106 valence electrons. The Balaban J connectivity index is 1.66. The number of carbonyl (C=O) groups excluding carboxylic acids is 1. The van der Waals surface area contributed by atoms with E-state index in [2.05, 4.69) is 31.5 Å². The maximum atomic E-state index is 12.1. The third-order valence-electron chi connectivity index (χ3n) is 3.22. The molecule has 0 aliphatic carbocycles. The molecule has 4 nitrogen and oxygen atoms in total. The summed E-state index contributed by atoms with van der Waals surface area (Å²) in [6, 6.07) is 2.04. The van der Waals surface area contributed by atoms with E-state index >= 15 is 0 Å². The van der Waals surface area contributed by atoms with E-state index in [1.165, 1.54) is 11.3 Å². The van der Waals surface area contributed by atoms with Gasteiger partial charge in [-0.15, -0.1) is 22.7 Å². The minimum atomic E-state index is 0.0620. The van der Waals surface area contributed by atoms with E-state index in [0.717, 1.165) is 41.0 Å². The molecule has 0 spiro atoms. The normalized spacial score (nSPS) is 18.9. The number of anilines is 1. The van der Waals surface area contributed by atoms with Crippen LogP contribution in [0.25, 0.3) is 10.6 Å². The number of hydrogen-bond acceptors (Lipinski definition) is 5. The zero-order valence-electron chi connectivity index (χ0n) is 10.7. The summed E-state index contributed by atoms with van der Waals surface area (Å²) < 4.78 is 1.06. The molecule has 0 aromatic carbocycles. The second-order valence-electron chi connectivity index (χ2n) is 4.70. The molecule has 1 aliphatic rings. The Morgan fingerprint density at radius 2 is 2.35 bits per heavy atom. The first-order valence-corrected chi connectivity index (χ1v) is 8.99. The molecule has 2 aromatic heterocycles. The van der Waals surface area contributed by atoms with Crippen molar-refractivity contribution >= 4 is 49.6 Å². The minimum absolute atomic E-state index is 0.0620. The van der Waals surface area contributed by atoms with Crippen LogP contribution in [0.4, 0.5) is 5.13 Å². The second kappa shape index (κ2) is 6.34. The zero-order valence-corrected chi connectivity index (χ0v) is 13.9. The number of amides is 1. The van der Waals surface area contributed by atoms with Gasteiger partial charge in [0.25, 0.3) is 0 Å². The number of nitrogens with one attached hydrogen (secondary N) is 2. The molecule has 1 saturated heterocycles. The van der Waals surface area contributed by atoms with Crippen LogP contribution in [0.3, 0.4) is 0 Å². The van der Waals surface area contributed by atoms with Gasteiger partial charge in [0.15, 0.2) is 5.13 Å². The Hall–Kier alpha value is -0.760. The fourth-order valence-electron chi connectivity index (χ4n) is 2.17. The molecule has 0 radical (unpaired) electrons. The number of nitrogens with zero attached hydrogens (tertiary/aromatic N) is 1. The molecule has 20 heavy (non-hydrogen) atoms. The maximum absolute atomic E-state index is 12.1. The number of aromatic nitrogens is 1. The van der Waals surface area contributed by atoms with Gasteiger partial charge in [0.05, 0.1) is 16.5 Å². The maximum Gasteiger partial charge on any atom is 0.230 e. The third-order valence-corrected chi connectivity index (χ3v) is 5.69. The summed E-state index contributed by atoms with van der Waals surface area (Å²) in [6.45, 7) is 1.78. The van der Waals surface area contributed by atoms with Gasteiger partial charge in [0, 0.05) is 21.8 Å². The fourth-order valence-corrected chi connectivity index (χ4v) is 4.35. The van der Waals surface area contributed by atoms with Crippen molar-refractivity contribution in [3.63, 3.8) is 0 Å². The van der Waals surface area contributed by atoms with E-state index in [-0.39, 0.29) is 11.8 Å². The third kappa shape index (κ3) is 3.28. The molecule has 1 atom stereocenters. The highest BCUT2D eigenvalue weighted by molar-refractivity contribution is 9.10. The van der Waals surface area contributed by atoms with E-state index in [1.54, 1.807) is 11.3 Å². The number of thiophene rings is 1. The van der Waals surface area contributed by atoms with Crippen molar-refractivity contribution in [2.75, 3.05) is 18.4 Å². The van der Waals surface area contributed by atoms with Crippen LogP contribution in [0.1, 0.15) is 12.8 Å². The van der Waals surface area contributed by atoms with Gasteiger partial charge in [-0.25, -0.2) is 4.98 Å². The van der Waals surface area contributed by atoms with Crippen molar-refractivity contribution in [1.29, 1.82) is 0 Å². The Kier molecular flexibility index (Phi) is 4.50. The molecule has 3 heterocycles. The SMILES string of the molecule is O=C(Nc1nc(-c2cc(Br)cs2)cs1)C1CCCNC1. The summed E-state index contributed by atoms with van der Waals surface area (Å²) in [5.74, 6) is 0.137. The first-order chi connectivity index (χ1) is 9.72. The zero-order chi connectivity index (χ0) is 13.9. The van der Waals surface area contributed by atoms with Crippen molar-refractivity contribution in [3.8, 4) is 10.6 Å². The minimum Gasteiger partial charge on any atom is -0.316 e. The predicted molar refractivity (Wildman–Crippen MR) is 87.4 cm³/mol. The summed E-state index contributed by atoms with van der Waals surface area (Å²) in [4.78, 5) is 17.7. The van der Waals surface area contributed by atoms with E-state index in [1.807, 2.05) is 16.8 Å². The molecule has 1 fully saturated rings. The Morgan fingerprint density at radius 1 is 1.45 bits per heavy atom. The quantitative estimate of drug-likeness (QED) is 0.866. The van der Waals surface area contributed by atoms with Crippen molar-refractivity contribution in [2.45, 2.75) is 12.8 Å². The summed E-state index contributed by atoms with van der Waals surface area (Å²) in [7, 11) is 0. The highest BCUT2D eigenvalue weighted by atomic mass is 79.9. The molecule has 1 amide bonds. The van der Waals surface area contributed by atoms with Gasteiger partial charge in [0.1, 0.15) is 0 Å². The van der Waals surface area contributed by atoms with Crippen molar-refractivity contribution in [2.24, 2.45) is 5.92 Å². The lowest BCUT2D eigenvalue weighted by atomic mass is 9.99. The number of piperidine rings is 1. The van der Waals surface area contributed by atoms with Gasteiger partial charge in [-0.2, -0.15) is 0 Å². The number of hydrogen-bond donors (Lipinski definition) is 2. The molecular formula is C13H14BrN3OS2. The lowest BCUT2D eigenvalue weighted by Crippen LogP contribution is -2.37. The van der Waals surface area contributed by atoms with E-state index in [4.69, 9.17) is 0 Å². The smallest absolute Gasteiger partial charge is 0.230 e. The van der Waals surface area contributed by atoms with Crippen LogP contribution in [-0.2, 0) is 4.79 Å². The standard InChI is InChI=1S/C13H14BrN3OS2/c14-9-4-11(19-6-9)10-7-20-13(16-10)17-12(18)8-2-1-3-15-5-8/h4,6-8,15H,1-3,5H2,(H,16,17,18). The molecule has 0 bridgehead atoms. The topological polar surface area (TPSA) is 54.0 Å². The largest absolute Gasteiger partial charge is 0.316 e. The molecule has 0 saturated carbocycles. The van der Waals surface area contributed by atoms with Crippen molar-refractivity contribution in [1.82, 2.24) is 10.3 Å². The first kappa shape index (κ1) is 14.2. The van der Waals surface area contributed by atoms with Gasteiger partial charge < -0.3 is 10.6 Å². The monoisotopic (exact) mass is 371 g/mol. The fraction of sp³-hybridized carbons (Fsp3) is 0.385. The van der Waals surface area contributed by atoms with Gasteiger partial charge in [-0.1, -0.05) is 0 Å². The van der Waals surface area contributed by atoms with Crippen LogP contribution < -0.4 is 10.6 Å².